The Balaban J connectivity index is 3.28. The molecule has 66 valence electrons. The third-order valence-electron chi connectivity index (χ3n) is 1.63. The average Bonchev–Trinajstić information content (AvgIpc) is 2.16. The maximum absolute atomic E-state index is 8.47. The highest BCUT2D eigenvalue weighted by atomic mass is 16.5. The summed E-state index contributed by atoms with van der Waals surface area (Å²) < 4.78 is 5.00. The molecule has 2 radical (unpaired) electrons. The second-order valence-corrected chi connectivity index (χ2v) is 2.41. The van der Waals surface area contributed by atoms with E-state index in [9.17, 15) is 0 Å². The summed E-state index contributed by atoms with van der Waals surface area (Å²) >= 11 is 0. The molecule has 5 heteroatoms. The van der Waals surface area contributed by atoms with Crippen LogP contribution in [0.3, 0.4) is 0 Å². The summed E-state index contributed by atoms with van der Waals surface area (Å²) in [5.74, 6) is 0.391. The van der Waals surface area contributed by atoms with E-state index in [1.54, 1.807) is 18.2 Å². The van der Waals surface area contributed by atoms with Crippen molar-refractivity contribution in [2.75, 3.05) is 7.11 Å². The second-order valence-electron chi connectivity index (χ2n) is 2.41. The first kappa shape index (κ1) is 9.44. The first-order valence-electron chi connectivity index (χ1n) is 3.61. The fourth-order valence-electron chi connectivity index (χ4n) is 1.04. The van der Waals surface area contributed by atoms with Crippen molar-refractivity contribution >= 4 is 19.1 Å². The number of oxime groups is 1. The summed E-state index contributed by atoms with van der Waals surface area (Å²) in [6.07, 6.45) is 0. The summed E-state index contributed by atoms with van der Waals surface area (Å²) in [5, 5.41) is 11.3. The molecule has 4 nitrogen and oxygen atoms in total. The highest BCUT2D eigenvalue weighted by Crippen LogP contribution is 2.13. The Morgan fingerprint density at radius 3 is 2.85 bits per heavy atom. The van der Waals surface area contributed by atoms with Crippen LogP contribution in [0.15, 0.2) is 23.4 Å². The Labute approximate surface area is 77.4 Å². The second kappa shape index (κ2) is 3.84. The standard InChI is InChI=1S/C8H9BN2O2/c1-13-7-5(8(10)11-12)3-2-4-6(7)9/h2-4,12H,1H3,(H2,10,11). The molecule has 0 aliphatic heterocycles. The Morgan fingerprint density at radius 1 is 1.62 bits per heavy atom. The van der Waals surface area contributed by atoms with Crippen LogP contribution in [0.2, 0.25) is 0 Å². The average molecular weight is 176 g/mol. The van der Waals surface area contributed by atoms with Gasteiger partial charge in [0, 0.05) is 0 Å². The molecular weight excluding hydrogens is 167 g/mol. The third kappa shape index (κ3) is 1.74. The molecule has 0 saturated heterocycles. The minimum atomic E-state index is -0.0239. The van der Waals surface area contributed by atoms with E-state index in [0.29, 0.717) is 16.8 Å². The number of nitrogens with zero attached hydrogens (tertiary/aromatic N) is 1. The van der Waals surface area contributed by atoms with Gasteiger partial charge in [-0.3, -0.25) is 0 Å². The van der Waals surface area contributed by atoms with Crippen LogP contribution >= 0.6 is 0 Å². The number of amidine groups is 1. The van der Waals surface area contributed by atoms with Crippen LogP contribution in [-0.4, -0.2) is 26.0 Å². The van der Waals surface area contributed by atoms with Crippen molar-refractivity contribution in [3.8, 4) is 5.75 Å². The number of para-hydroxylation sites is 1. The van der Waals surface area contributed by atoms with Crippen molar-refractivity contribution < 1.29 is 9.94 Å². The van der Waals surface area contributed by atoms with Gasteiger partial charge < -0.3 is 15.7 Å². The van der Waals surface area contributed by atoms with Gasteiger partial charge in [-0.1, -0.05) is 22.8 Å². The molecule has 0 bridgehead atoms. The maximum Gasteiger partial charge on any atom is 0.173 e. The fraction of sp³-hybridized carbons (Fsp3) is 0.125. The zero-order valence-electron chi connectivity index (χ0n) is 7.19. The number of hydrogen-bond acceptors (Lipinski definition) is 3. The van der Waals surface area contributed by atoms with Crippen molar-refractivity contribution in [3.05, 3.63) is 23.8 Å². The zero-order valence-corrected chi connectivity index (χ0v) is 7.19. The van der Waals surface area contributed by atoms with E-state index < -0.39 is 0 Å². The molecule has 0 unspecified atom stereocenters. The lowest BCUT2D eigenvalue weighted by Gasteiger charge is -2.09. The summed E-state index contributed by atoms with van der Waals surface area (Å²) in [6.45, 7) is 0. The number of hydrogen-bond donors (Lipinski definition) is 2. The molecule has 1 aromatic carbocycles. The van der Waals surface area contributed by atoms with Crippen LogP contribution in [0.25, 0.3) is 0 Å². The van der Waals surface area contributed by atoms with Crippen molar-refractivity contribution in [1.82, 2.24) is 0 Å². The lowest BCUT2D eigenvalue weighted by atomic mass is 9.92. The molecule has 0 saturated carbocycles. The third-order valence-corrected chi connectivity index (χ3v) is 1.63. The Kier molecular flexibility index (Phi) is 2.79. The SMILES string of the molecule is [B]c1cccc(/C(N)=N\O)c1OC. The van der Waals surface area contributed by atoms with Gasteiger partial charge >= 0.3 is 0 Å². The highest BCUT2D eigenvalue weighted by Gasteiger charge is 2.08. The van der Waals surface area contributed by atoms with Crippen LogP contribution in [-0.2, 0) is 0 Å². The lowest BCUT2D eigenvalue weighted by molar-refractivity contribution is 0.318. The largest absolute Gasteiger partial charge is 0.497 e. The summed E-state index contributed by atoms with van der Waals surface area (Å²) in [5.41, 5.74) is 6.33. The Hall–Kier alpha value is -1.65. The summed E-state index contributed by atoms with van der Waals surface area (Å²) in [7, 11) is 7.08. The smallest absolute Gasteiger partial charge is 0.173 e. The summed E-state index contributed by atoms with van der Waals surface area (Å²) in [6, 6.07) is 5.03. The monoisotopic (exact) mass is 176 g/mol. The minimum absolute atomic E-state index is 0.0239. The number of nitrogens with two attached hydrogens (primary N) is 1. The van der Waals surface area contributed by atoms with Gasteiger partial charge in [-0.25, -0.2) is 0 Å². The van der Waals surface area contributed by atoms with E-state index in [1.807, 2.05) is 0 Å². The molecule has 13 heavy (non-hydrogen) atoms. The van der Waals surface area contributed by atoms with Gasteiger partial charge in [0.15, 0.2) is 5.84 Å². The number of methoxy groups -OCH3 is 1. The van der Waals surface area contributed by atoms with Crippen LogP contribution in [0.1, 0.15) is 5.56 Å². The summed E-state index contributed by atoms with van der Waals surface area (Å²) in [4.78, 5) is 0. The van der Waals surface area contributed by atoms with Crippen molar-refractivity contribution in [2.45, 2.75) is 0 Å². The van der Waals surface area contributed by atoms with E-state index in [4.69, 9.17) is 23.5 Å². The van der Waals surface area contributed by atoms with Gasteiger partial charge in [0.25, 0.3) is 0 Å². The van der Waals surface area contributed by atoms with E-state index in [0.717, 1.165) is 0 Å². The number of rotatable bonds is 2. The molecule has 3 N–H and O–H groups in total. The maximum atomic E-state index is 8.47. The first-order valence-corrected chi connectivity index (χ1v) is 3.61. The molecular formula is C8H9BN2O2. The molecule has 0 amide bonds. The molecule has 0 aliphatic carbocycles. The van der Waals surface area contributed by atoms with Crippen molar-refractivity contribution in [2.24, 2.45) is 10.9 Å². The van der Waals surface area contributed by atoms with Crippen LogP contribution < -0.4 is 15.9 Å². The molecule has 1 rings (SSSR count). The Morgan fingerprint density at radius 2 is 2.31 bits per heavy atom. The minimum Gasteiger partial charge on any atom is -0.497 e. The van der Waals surface area contributed by atoms with Gasteiger partial charge in [0.05, 0.1) is 12.7 Å². The number of benzene rings is 1. The van der Waals surface area contributed by atoms with E-state index in [1.165, 1.54) is 7.11 Å². The fourth-order valence-corrected chi connectivity index (χ4v) is 1.04. The molecule has 1 aromatic rings. The van der Waals surface area contributed by atoms with Gasteiger partial charge in [0.2, 0.25) is 0 Å². The van der Waals surface area contributed by atoms with Gasteiger partial charge in [-0.2, -0.15) is 0 Å². The topological polar surface area (TPSA) is 67.8 Å². The number of ether oxygens (including phenoxy) is 1. The van der Waals surface area contributed by atoms with E-state index in [-0.39, 0.29) is 5.84 Å². The highest BCUT2D eigenvalue weighted by molar-refractivity contribution is 6.35. The molecule has 0 atom stereocenters. The van der Waals surface area contributed by atoms with E-state index >= 15 is 0 Å². The first-order chi connectivity index (χ1) is 6.20. The molecule has 0 aromatic heterocycles. The van der Waals surface area contributed by atoms with Crippen LogP contribution in [0.4, 0.5) is 0 Å². The van der Waals surface area contributed by atoms with Gasteiger partial charge in [-0.05, 0) is 6.07 Å². The molecule has 0 heterocycles. The van der Waals surface area contributed by atoms with E-state index in [2.05, 4.69) is 5.16 Å². The normalized spacial score (nSPS) is 11.3. The predicted octanol–water partition coefficient (Wildman–Crippen LogP) is -0.417. The molecule has 0 spiro atoms. The van der Waals surface area contributed by atoms with Gasteiger partial charge in [0.1, 0.15) is 13.6 Å². The van der Waals surface area contributed by atoms with Gasteiger partial charge in [-0.15, -0.1) is 0 Å². The Bertz CT molecular complexity index is 339. The quantitative estimate of drug-likeness (QED) is 0.211. The van der Waals surface area contributed by atoms with Crippen LogP contribution in [0, 0.1) is 0 Å². The molecule has 0 aliphatic rings. The molecule has 0 fully saturated rings. The lowest BCUT2D eigenvalue weighted by Crippen LogP contribution is -2.19. The predicted molar refractivity (Wildman–Crippen MR) is 50.9 cm³/mol. The van der Waals surface area contributed by atoms with Crippen molar-refractivity contribution in [1.29, 1.82) is 0 Å². The zero-order chi connectivity index (χ0) is 9.84. The van der Waals surface area contributed by atoms with Crippen LogP contribution in [0.5, 0.6) is 5.75 Å². The van der Waals surface area contributed by atoms with Crippen molar-refractivity contribution in [3.63, 3.8) is 0 Å².